The van der Waals surface area contributed by atoms with E-state index in [9.17, 15) is 4.79 Å². The number of amides is 1. The molecule has 1 N–H and O–H groups in total. The molecule has 0 heterocycles. The minimum Gasteiger partial charge on any atom is -0.483 e. The highest BCUT2D eigenvalue weighted by molar-refractivity contribution is 7.99. The largest absolute Gasteiger partial charge is 0.483 e. The molecule has 0 aliphatic rings. The number of hydrogen-bond acceptors (Lipinski definition) is 4. The second-order valence-electron chi connectivity index (χ2n) is 5.37. The van der Waals surface area contributed by atoms with E-state index in [0.717, 1.165) is 15.7 Å². The molecule has 0 bridgehead atoms. The first kappa shape index (κ1) is 18.1. The second kappa shape index (κ2) is 8.61. The lowest BCUT2D eigenvalue weighted by Crippen LogP contribution is -2.20. The van der Waals surface area contributed by atoms with Gasteiger partial charge in [-0.2, -0.15) is 5.26 Å². The number of nitrogens with one attached hydrogen (secondary N) is 1. The maximum atomic E-state index is 12.3. The van der Waals surface area contributed by atoms with Crippen LogP contribution in [0, 0.1) is 11.3 Å². The van der Waals surface area contributed by atoms with E-state index in [2.05, 4.69) is 11.4 Å². The van der Waals surface area contributed by atoms with E-state index in [1.54, 1.807) is 18.2 Å². The number of para-hydroxylation sites is 1. The number of fused-ring (bicyclic) bond motifs is 1. The molecule has 26 heavy (non-hydrogen) atoms. The van der Waals surface area contributed by atoms with Crippen LogP contribution in [0.3, 0.4) is 0 Å². The molecule has 3 aromatic carbocycles. The molecule has 0 radical (unpaired) electrons. The molecule has 0 aliphatic carbocycles. The lowest BCUT2D eigenvalue weighted by Gasteiger charge is -2.12. The zero-order valence-corrected chi connectivity index (χ0v) is 15.3. The Hall–Kier alpha value is -2.68. The van der Waals surface area contributed by atoms with Crippen molar-refractivity contribution in [3.05, 3.63) is 65.7 Å². The third-order valence-corrected chi connectivity index (χ3v) is 4.91. The van der Waals surface area contributed by atoms with Crippen molar-refractivity contribution < 1.29 is 9.53 Å². The minimum absolute atomic E-state index is 0.122. The Balaban J connectivity index is 1.69. The van der Waals surface area contributed by atoms with Crippen LogP contribution in [0.1, 0.15) is 0 Å². The molecule has 6 heteroatoms. The Morgan fingerprint density at radius 2 is 1.81 bits per heavy atom. The summed E-state index contributed by atoms with van der Waals surface area (Å²) in [6.45, 7) is -0.122. The molecule has 4 nitrogen and oxygen atoms in total. The summed E-state index contributed by atoms with van der Waals surface area (Å²) in [5.41, 5.74) is 0.669. The number of nitriles is 1. The van der Waals surface area contributed by atoms with Gasteiger partial charge in [-0.1, -0.05) is 48.0 Å². The van der Waals surface area contributed by atoms with Crippen LogP contribution in [0.2, 0.25) is 5.02 Å². The van der Waals surface area contributed by atoms with Crippen LogP contribution in [-0.2, 0) is 4.79 Å². The quantitative estimate of drug-likeness (QED) is 0.600. The number of carbonyl (C=O) groups excluding carboxylic acids is 1. The zero-order valence-electron chi connectivity index (χ0n) is 13.7. The van der Waals surface area contributed by atoms with E-state index < -0.39 is 0 Å². The predicted molar refractivity (Wildman–Crippen MR) is 106 cm³/mol. The number of rotatable bonds is 6. The maximum Gasteiger partial charge on any atom is 0.262 e. The summed E-state index contributed by atoms with van der Waals surface area (Å²) in [7, 11) is 0. The van der Waals surface area contributed by atoms with Gasteiger partial charge in [0.1, 0.15) is 5.75 Å². The standard InChI is InChI=1S/C20H15ClN2O2S/c21-16-9-10-18(15-6-2-1-5-14(15)16)25-13-20(24)23-17-7-3-4-8-19(17)26-12-11-22/h1-10H,12-13H2,(H,23,24). The lowest BCUT2D eigenvalue weighted by atomic mass is 10.1. The average Bonchev–Trinajstić information content (AvgIpc) is 2.67. The van der Waals surface area contributed by atoms with Gasteiger partial charge in [0.2, 0.25) is 0 Å². The molecular weight excluding hydrogens is 368 g/mol. The van der Waals surface area contributed by atoms with E-state index >= 15 is 0 Å². The van der Waals surface area contributed by atoms with Crippen LogP contribution < -0.4 is 10.1 Å². The van der Waals surface area contributed by atoms with E-state index in [1.807, 2.05) is 42.5 Å². The van der Waals surface area contributed by atoms with Crippen LogP contribution >= 0.6 is 23.4 Å². The van der Waals surface area contributed by atoms with Crippen LogP contribution in [0.4, 0.5) is 5.69 Å². The topological polar surface area (TPSA) is 62.1 Å². The molecule has 1 amide bonds. The van der Waals surface area contributed by atoms with Crippen molar-refractivity contribution >= 4 is 45.7 Å². The van der Waals surface area contributed by atoms with Gasteiger partial charge in [-0.15, -0.1) is 11.8 Å². The predicted octanol–water partition coefficient (Wildman–Crippen LogP) is 5.13. The second-order valence-corrected chi connectivity index (χ2v) is 6.80. The van der Waals surface area contributed by atoms with Crippen molar-refractivity contribution in [1.82, 2.24) is 0 Å². The monoisotopic (exact) mass is 382 g/mol. The first-order valence-electron chi connectivity index (χ1n) is 7.87. The Kier molecular flexibility index (Phi) is 6.00. The van der Waals surface area contributed by atoms with Crippen molar-refractivity contribution in [2.75, 3.05) is 17.7 Å². The van der Waals surface area contributed by atoms with Crippen LogP contribution in [-0.4, -0.2) is 18.3 Å². The molecule has 0 spiro atoms. The van der Waals surface area contributed by atoms with E-state index in [1.165, 1.54) is 11.8 Å². The molecule has 0 saturated carbocycles. The Bertz CT molecular complexity index is 985. The summed E-state index contributed by atoms with van der Waals surface area (Å²) >= 11 is 7.57. The van der Waals surface area contributed by atoms with Gasteiger partial charge in [-0.25, -0.2) is 0 Å². The summed E-state index contributed by atoms with van der Waals surface area (Å²) < 4.78 is 5.70. The number of hydrogen-bond donors (Lipinski definition) is 1. The fraction of sp³-hybridized carbons (Fsp3) is 0.100. The fourth-order valence-corrected chi connectivity index (χ4v) is 3.39. The van der Waals surface area contributed by atoms with Crippen molar-refractivity contribution in [1.29, 1.82) is 5.26 Å². The molecule has 130 valence electrons. The lowest BCUT2D eigenvalue weighted by molar-refractivity contribution is -0.118. The highest BCUT2D eigenvalue weighted by Gasteiger charge is 2.10. The average molecular weight is 383 g/mol. The van der Waals surface area contributed by atoms with E-state index in [4.69, 9.17) is 21.6 Å². The Morgan fingerprint density at radius 1 is 1.08 bits per heavy atom. The highest BCUT2D eigenvalue weighted by Crippen LogP contribution is 2.31. The van der Waals surface area contributed by atoms with Gasteiger partial charge >= 0.3 is 0 Å². The number of halogens is 1. The van der Waals surface area contributed by atoms with Gasteiger partial charge in [0.15, 0.2) is 6.61 Å². The molecule has 0 aromatic heterocycles. The SMILES string of the molecule is N#CCSc1ccccc1NC(=O)COc1ccc(Cl)c2ccccc12. The van der Waals surface area contributed by atoms with Gasteiger partial charge in [0.05, 0.1) is 17.5 Å². The van der Waals surface area contributed by atoms with Crippen molar-refractivity contribution in [2.45, 2.75) is 4.90 Å². The third-order valence-electron chi connectivity index (χ3n) is 3.64. The number of thioether (sulfide) groups is 1. The van der Waals surface area contributed by atoms with Crippen molar-refractivity contribution in [2.24, 2.45) is 0 Å². The van der Waals surface area contributed by atoms with E-state index in [-0.39, 0.29) is 12.5 Å². The molecule has 0 atom stereocenters. The Morgan fingerprint density at radius 3 is 2.62 bits per heavy atom. The molecule has 3 aromatic rings. The molecular formula is C20H15ClN2O2S. The normalized spacial score (nSPS) is 10.3. The number of carbonyl (C=O) groups is 1. The molecule has 3 rings (SSSR count). The molecule has 0 aliphatic heterocycles. The van der Waals surface area contributed by atoms with Crippen molar-refractivity contribution in [3.8, 4) is 11.8 Å². The fourth-order valence-electron chi connectivity index (χ4n) is 2.50. The third kappa shape index (κ3) is 4.29. The maximum absolute atomic E-state index is 12.3. The Labute approximate surface area is 160 Å². The van der Waals surface area contributed by atoms with Gasteiger partial charge in [-0.3, -0.25) is 4.79 Å². The highest BCUT2D eigenvalue weighted by atomic mass is 35.5. The van der Waals surface area contributed by atoms with Crippen molar-refractivity contribution in [3.63, 3.8) is 0 Å². The zero-order chi connectivity index (χ0) is 18.4. The molecule has 0 fully saturated rings. The number of ether oxygens (including phenoxy) is 1. The summed E-state index contributed by atoms with van der Waals surface area (Å²) in [6, 6.07) is 20.6. The van der Waals surface area contributed by atoms with E-state index in [0.29, 0.717) is 22.2 Å². The summed E-state index contributed by atoms with van der Waals surface area (Å²) in [5, 5.41) is 13.9. The summed E-state index contributed by atoms with van der Waals surface area (Å²) in [6.07, 6.45) is 0. The molecule has 0 unspecified atom stereocenters. The summed E-state index contributed by atoms with van der Waals surface area (Å²) in [4.78, 5) is 13.1. The molecule has 0 saturated heterocycles. The van der Waals surface area contributed by atoms with Gasteiger partial charge in [0.25, 0.3) is 5.91 Å². The van der Waals surface area contributed by atoms with Gasteiger partial charge < -0.3 is 10.1 Å². The van der Waals surface area contributed by atoms with Crippen LogP contribution in [0.5, 0.6) is 5.75 Å². The number of benzene rings is 3. The number of anilines is 1. The first-order valence-corrected chi connectivity index (χ1v) is 9.24. The smallest absolute Gasteiger partial charge is 0.262 e. The van der Waals surface area contributed by atoms with Gasteiger partial charge in [0, 0.05) is 20.7 Å². The van der Waals surface area contributed by atoms with Crippen LogP contribution in [0.15, 0.2) is 65.6 Å². The summed E-state index contributed by atoms with van der Waals surface area (Å²) in [5.74, 6) is 0.654. The van der Waals surface area contributed by atoms with Gasteiger partial charge in [-0.05, 0) is 24.3 Å². The first-order chi connectivity index (χ1) is 12.7. The van der Waals surface area contributed by atoms with Crippen LogP contribution in [0.25, 0.3) is 10.8 Å². The minimum atomic E-state index is -0.269. The number of nitrogens with zero attached hydrogens (tertiary/aromatic N) is 1.